The molecule has 0 radical (unpaired) electrons. The van der Waals surface area contributed by atoms with Gasteiger partial charge in [0.1, 0.15) is 6.61 Å². The van der Waals surface area contributed by atoms with Crippen molar-refractivity contribution in [2.24, 2.45) is 5.90 Å². The van der Waals surface area contributed by atoms with Crippen molar-refractivity contribution in [2.45, 2.75) is 18.0 Å². The largest absolute Gasteiger partial charge is 0.459 e. The molecule has 0 rings (SSSR count). The normalized spacial score (nSPS) is 14.8. The van der Waals surface area contributed by atoms with E-state index in [0.717, 1.165) is 0 Å². The third-order valence-corrected chi connectivity index (χ3v) is 1.08. The van der Waals surface area contributed by atoms with Gasteiger partial charge in [-0.1, -0.05) is 0 Å². The molecule has 2 nitrogen and oxygen atoms in total. The van der Waals surface area contributed by atoms with Crippen LogP contribution >= 0.6 is 0 Å². The van der Waals surface area contributed by atoms with Crippen LogP contribution in [0.1, 0.15) is 0 Å². The molecule has 0 saturated heterocycles. The van der Waals surface area contributed by atoms with Gasteiger partial charge in [0.05, 0.1) is 0 Å². The lowest BCUT2D eigenvalue weighted by atomic mass is 10.2. The molecule has 0 heterocycles. The van der Waals surface area contributed by atoms with Crippen molar-refractivity contribution in [1.82, 2.24) is 0 Å². The van der Waals surface area contributed by atoms with E-state index in [1.807, 2.05) is 0 Å². The lowest BCUT2D eigenvalue weighted by Crippen LogP contribution is -2.54. The second-order valence-electron chi connectivity index (χ2n) is 2.09. The fourth-order valence-corrected chi connectivity index (χ4v) is 0.403. The minimum Gasteiger partial charge on any atom is -0.298 e. The lowest BCUT2D eigenvalue weighted by Gasteiger charge is -2.26. The van der Waals surface area contributed by atoms with Crippen molar-refractivity contribution < 1.29 is 35.6 Å². The molecule has 0 atom stereocenters. The molecular formula is C4H4F7NO. The van der Waals surface area contributed by atoms with Crippen molar-refractivity contribution in [1.29, 1.82) is 0 Å². The molecule has 80 valence electrons. The van der Waals surface area contributed by atoms with Crippen LogP contribution in [0.5, 0.6) is 0 Å². The van der Waals surface area contributed by atoms with Crippen LogP contribution in [0.4, 0.5) is 30.7 Å². The maximum absolute atomic E-state index is 12.0. The van der Waals surface area contributed by atoms with Gasteiger partial charge in [-0.25, -0.2) is 5.90 Å². The highest BCUT2D eigenvalue weighted by molar-refractivity contribution is 4.90. The quantitative estimate of drug-likeness (QED) is 0.574. The molecule has 0 amide bonds. The first-order valence-corrected chi connectivity index (χ1v) is 2.70. The van der Waals surface area contributed by atoms with E-state index in [0.29, 0.717) is 0 Å². The van der Waals surface area contributed by atoms with Crippen LogP contribution in [0.2, 0.25) is 0 Å². The van der Waals surface area contributed by atoms with Crippen LogP contribution in [0, 0.1) is 0 Å². The first-order valence-electron chi connectivity index (χ1n) is 2.70. The van der Waals surface area contributed by atoms with Crippen LogP contribution in [0.25, 0.3) is 0 Å². The summed E-state index contributed by atoms with van der Waals surface area (Å²) >= 11 is 0. The molecule has 0 saturated carbocycles. The van der Waals surface area contributed by atoms with Gasteiger partial charge in [-0.15, -0.1) is 0 Å². The van der Waals surface area contributed by atoms with Crippen LogP contribution in [0.3, 0.4) is 0 Å². The Morgan fingerprint density at radius 1 is 0.923 bits per heavy atom. The molecular weight excluding hydrogens is 211 g/mol. The Bertz CT molecular complexity index is 176. The minimum atomic E-state index is -6.34. The molecule has 0 bridgehead atoms. The van der Waals surface area contributed by atoms with E-state index in [9.17, 15) is 30.7 Å². The number of hydrogen-bond donors (Lipinski definition) is 1. The lowest BCUT2D eigenvalue weighted by molar-refractivity contribution is -0.361. The molecule has 9 heteroatoms. The van der Waals surface area contributed by atoms with Gasteiger partial charge in [-0.05, 0) is 0 Å². The van der Waals surface area contributed by atoms with E-state index in [2.05, 4.69) is 10.7 Å². The van der Waals surface area contributed by atoms with E-state index < -0.39 is 24.6 Å². The first-order chi connectivity index (χ1) is 5.56. The number of rotatable bonds is 3. The maximum Gasteiger partial charge on any atom is 0.459 e. The molecule has 0 unspecified atom stereocenters. The molecule has 0 spiro atoms. The molecule has 0 aliphatic carbocycles. The molecule has 2 N–H and O–H groups in total. The second kappa shape index (κ2) is 3.29. The number of hydrogen-bond acceptors (Lipinski definition) is 2. The van der Waals surface area contributed by atoms with Crippen LogP contribution in [0.15, 0.2) is 0 Å². The molecule has 0 aromatic carbocycles. The van der Waals surface area contributed by atoms with E-state index in [-0.39, 0.29) is 0 Å². The highest BCUT2D eigenvalue weighted by Gasteiger charge is 2.73. The van der Waals surface area contributed by atoms with Crippen LogP contribution in [-0.2, 0) is 4.84 Å². The van der Waals surface area contributed by atoms with Gasteiger partial charge in [0, 0.05) is 0 Å². The Kier molecular flexibility index (Phi) is 3.15. The summed E-state index contributed by atoms with van der Waals surface area (Å²) in [6, 6.07) is 0. The van der Waals surface area contributed by atoms with Gasteiger partial charge in [-0.3, -0.25) is 4.84 Å². The predicted molar refractivity (Wildman–Crippen MR) is 26.1 cm³/mol. The molecule has 0 aliphatic heterocycles. The zero-order chi connectivity index (χ0) is 10.9. The van der Waals surface area contributed by atoms with Crippen molar-refractivity contribution in [2.75, 3.05) is 6.61 Å². The third kappa shape index (κ3) is 2.21. The van der Waals surface area contributed by atoms with Gasteiger partial charge < -0.3 is 0 Å². The minimum absolute atomic E-state index is 2.21. The topological polar surface area (TPSA) is 35.2 Å². The highest BCUT2D eigenvalue weighted by atomic mass is 19.4. The molecule has 0 aromatic heterocycles. The molecule has 13 heavy (non-hydrogen) atoms. The maximum atomic E-state index is 12.0. The summed E-state index contributed by atoms with van der Waals surface area (Å²) in [5.41, 5.74) is 0. The van der Waals surface area contributed by atoms with Gasteiger partial charge >= 0.3 is 18.0 Å². The second-order valence-corrected chi connectivity index (χ2v) is 2.09. The Morgan fingerprint density at radius 3 is 1.54 bits per heavy atom. The summed E-state index contributed by atoms with van der Waals surface area (Å²) < 4.78 is 81.8. The monoisotopic (exact) mass is 215 g/mol. The number of nitrogens with two attached hydrogens (primary N) is 1. The summed E-state index contributed by atoms with van der Waals surface area (Å²) in [4.78, 5) is 3.06. The number of halogens is 7. The fraction of sp³-hybridized carbons (Fsp3) is 1.00. The molecule has 0 aliphatic rings. The summed E-state index contributed by atoms with van der Waals surface area (Å²) in [5.74, 6) is -7.55. The van der Waals surface area contributed by atoms with Gasteiger partial charge in [0.25, 0.3) is 0 Å². The summed E-state index contributed by atoms with van der Waals surface area (Å²) in [6.45, 7) is -2.21. The van der Waals surface area contributed by atoms with Crippen molar-refractivity contribution in [3.8, 4) is 0 Å². The smallest absolute Gasteiger partial charge is 0.298 e. The zero-order valence-corrected chi connectivity index (χ0v) is 5.84. The molecule has 0 fully saturated rings. The summed E-state index contributed by atoms with van der Waals surface area (Å²) in [6.07, 6.45) is -6.34. The van der Waals surface area contributed by atoms with Crippen molar-refractivity contribution in [3.63, 3.8) is 0 Å². The Morgan fingerprint density at radius 2 is 1.31 bits per heavy atom. The summed E-state index contributed by atoms with van der Waals surface area (Å²) in [7, 11) is 0. The Balaban J connectivity index is 4.81. The third-order valence-electron chi connectivity index (χ3n) is 1.08. The SMILES string of the molecule is NOCC(F)(F)C(F)(F)C(F)(F)F. The summed E-state index contributed by atoms with van der Waals surface area (Å²) in [5, 5.41) is 0. The average molecular weight is 215 g/mol. The standard InChI is InChI=1S/C4H4F7NO/c5-2(6,1-13-12)3(7,8)4(9,10)11/h1,12H2. The Labute approximate surface area is 67.4 Å². The van der Waals surface area contributed by atoms with Crippen molar-refractivity contribution >= 4 is 0 Å². The highest BCUT2D eigenvalue weighted by Crippen LogP contribution is 2.46. The number of alkyl halides is 7. The van der Waals surface area contributed by atoms with E-state index in [4.69, 9.17) is 0 Å². The fourth-order valence-electron chi connectivity index (χ4n) is 0.403. The van der Waals surface area contributed by atoms with Gasteiger partial charge in [0.2, 0.25) is 0 Å². The van der Waals surface area contributed by atoms with Crippen LogP contribution in [-0.4, -0.2) is 24.6 Å². The van der Waals surface area contributed by atoms with Crippen molar-refractivity contribution in [3.05, 3.63) is 0 Å². The Hall–Kier alpha value is -0.570. The van der Waals surface area contributed by atoms with E-state index in [1.165, 1.54) is 0 Å². The van der Waals surface area contributed by atoms with E-state index >= 15 is 0 Å². The van der Waals surface area contributed by atoms with Crippen LogP contribution < -0.4 is 5.90 Å². The van der Waals surface area contributed by atoms with E-state index in [1.54, 1.807) is 0 Å². The molecule has 0 aromatic rings. The first kappa shape index (κ1) is 12.4. The average Bonchev–Trinajstić information content (AvgIpc) is 1.84. The van der Waals surface area contributed by atoms with Gasteiger partial charge in [0.15, 0.2) is 0 Å². The zero-order valence-electron chi connectivity index (χ0n) is 5.84. The van der Waals surface area contributed by atoms with Gasteiger partial charge in [-0.2, -0.15) is 30.7 Å². The predicted octanol–water partition coefficient (Wildman–Crippen LogP) is 1.71.